The first-order valence-electron chi connectivity index (χ1n) is 8.45. The molecule has 4 heteroatoms. The molecule has 22 heavy (non-hydrogen) atoms. The van der Waals surface area contributed by atoms with Crippen LogP contribution in [-0.4, -0.2) is 16.9 Å². The van der Waals surface area contributed by atoms with Gasteiger partial charge in [0.15, 0.2) is 0 Å². The van der Waals surface area contributed by atoms with Gasteiger partial charge in [0.25, 0.3) is 5.91 Å². The molecule has 1 amide bonds. The van der Waals surface area contributed by atoms with Gasteiger partial charge in [0.05, 0.1) is 5.56 Å². The second-order valence-electron chi connectivity index (χ2n) is 7.87. The van der Waals surface area contributed by atoms with E-state index < -0.39 is 0 Å². The summed E-state index contributed by atoms with van der Waals surface area (Å²) in [6, 6.07) is 2.10. The van der Waals surface area contributed by atoms with Crippen molar-refractivity contribution in [3.05, 3.63) is 28.5 Å². The lowest BCUT2D eigenvalue weighted by Gasteiger charge is -2.59. The minimum Gasteiger partial charge on any atom is -0.349 e. The Morgan fingerprint density at radius 3 is 2.36 bits per heavy atom. The highest BCUT2D eigenvalue weighted by Gasteiger charge is 2.53. The molecule has 4 aliphatic carbocycles. The van der Waals surface area contributed by atoms with Crippen molar-refractivity contribution in [2.75, 3.05) is 0 Å². The van der Waals surface area contributed by atoms with Gasteiger partial charge in [-0.2, -0.15) is 0 Å². The zero-order valence-electron chi connectivity index (χ0n) is 13.0. The first-order chi connectivity index (χ1) is 10.5. The van der Waals surface area contributed by atoms with Gasteiger partial charge in [0, 0.05) is 22.9 Å². The molecule has 4 saturated carbocycles. The van der Waals surface area contributed by atoms with E-state index >= 15 is 0 Å². The summed E-state index contributed by atoms with van der Waals surface area (Å²) in [6.07, 6.45) is 11.6. The number of pyridine rings is 1. The fourth-order valence-electron chi connectivity index (χ4n) is 5.68. The minimum absolute atomic E-state index is 0.0112. The third kappa shape index (κ3) is 2.49. The SMILES string of the molecule is C[C@@H](NC(=O)c1cncc(Br)c1)C12CC3CC(CC(C3)C1)C2. The number of halogens is 1. The Morgan fingerprint density at radius 2 is 1.82 bits per heavy atom. The largest absolute Gasteiger partial charge is 0.349 e. The highest BCUT2D eigenvalue weighted by molar-refractivity contribution is 9.10. The Kier molecular flexibility index (Phi) is 3.55. The molecular formula is C18H23BrN2O. The molecule has 4 bridgehead atoms. The molecular weight excluding hydrogens is 340 g/mol. The van der Waals surface area contributed by atoms with Gasteiger partial charge in [-0.05, 0) is 90.6 Å². The molecule has 1 aromatic rings. The number of carbonyl (C=O) groups excluding carboxylic acids is 1. The Hall–Kier alpha value is -0.900. The van der Waals surface area contributed by atoms with Crippen molar-refractivity contribution in [1.82, 2.24) is 10.3 Å². The van der Waals surface area contributed by atoms with Gasteiger partial charge in [-0.15, -0.1) is 0 Å². The molecule has 0 saturated heterocycles. The third-order valence-corrected chi connectivity index (χ3v) is 6.75. The lowest BCUT2D eigenvalue weighted by atomic mass is 9.48. The van der Waals surface area contributed by atoms with E-state index in [2.05, 4.69) is 33.2 Å². The van der Waals surface area contributed by atoms with Gasteiger partial charge in [0.2, 0.25) is 0 Å². The number of rotatable bonds is 3. The molecule has 0 unspecified atom stereocenters. The van der Waals surface area contributed by atoms with Crippen LogP contribution in [0.2, 0.25) is 0 Å². The Morgan fingerprint density at radius 1 is 1.23 bits per heavy atom. The van der Waals surface area contributed by atoms with Crippen LogP contribution in [0.3, 0.4) is 0 Å². The summed E-state index contributed by atoms with van der Waals surface area (Å²) in [5.74, 6) is 2.76. The van der Waals surface area contributed by atoms with Crippen LogP contribution in [0.4, 0.5) is 0 Å². The van der Waals surface area contributed by atoms with E-state index in [1.54, 1.807) is 12.4 Å². The summed E-state index contributed by atoms with van der Waals surface area (Å²) in [6.45, 7) is 2.22. The summed E-state index contributed by atoms with van der Waals surface area (Å²) >= 11 is 3.39. The highest BCUT2D eigenvalue weighted by atomic mass is 79.9. The number of nitrogens with zero attached hydrogens (tertiary/aromatic N) is 1. The van der Waals surface area contributed by atoms with Gasteiger partial charge < -0.3 is 5.32 Å². The van der Waals surface area contributed by atoms with E-state index in [9.17, 15) is 4.79 Å². The zero-order chi connectivity index (χ0) is 15.3. The Labute approximate surface area is 140 Å². The van der Waals surface area contributed by atoms with Gasteiger partial charge in [-0.25, -0.2) is 0 Å². The van der Waals surface area contributed by atoms with Crippen molar-refractivity contribution < 1.29 is 4.79 Å². The van der Waals surface area contributed by atoms with E-state index in [0.717, 1.165) is 22.2 Å². The molecule has 0 aliphatic heterocycles. The second kappa shape index (κ2) is 5.33. The van der Waals surface area contributed by atoms with E-state index in [4.69, 9.17) is 0 Å². The molecule has 4 aliphatic rings. The summed E-state index contributed by atoms with van der Waals surface area (Å²) in [5, 5.41) is 3.28. The van der Waals surface area contributed by atoms with Crippen molar-refractivity contribution in [2.45, 2.75) is 51.5 Å². The van der Waals surface area contributed by atoms with Gasteiger partial charge in [-0.1, -0.05) is 0 Å². The summed E-state index contributed by atoms with van der Waals surface area (Å²) in [7, 11) is 0. The molecule has 1 heterocycles. The van der Waals surface area contributed by atoms with Crippen molar-refractivity contribution >= 4 is 21.8 Å². The van der Waals surface area contributed by atoms with Crippen LogP contribution in [0.15, 0.2) is 22.9 Å². The van der Waals surface area contributed by atoms with Gasteiger partial charge in [0.1, 0.15) is 0 Å². The highest BCUT2D eigenvalue weighted by Crippen LogP contribution is 2.61. The van der Waals surface area contributed by atoms with Crippen LogP contribution in [0.5, 0.6) is 0 Å². The van der Waals surface area contributed by atoms with Gasteiger partial charge >= 0.3 is 0 Å². The molecule has 0 radical (unpaired) electrons. The summed E-state index contributed by atoms with van der Waals surface area (Å²) in [4.78, 5) is 16.6. The summed E-state index contributed by atoms with van der Waals surface area (Å²) < 4.78 is 0.850. The first kappa shape index (κ1) is 14.7. The van der Waals surface area contributed by atoms with Crippen LogP contribution >= 0.6 is 15.9 Å². The minimum atomic E-state index is 0.0112. The average molecular weight is 363 g/mol. The third-order valence-electron chi connectivity index (χ3n) is 6.32. The van der Waals surface area contributed by atoms with Crippen LogP contribution in [0.25, 0.3) is 0 Å². The van der Waals surface area contributed by atoms with E-state index in [1.165, 1.54) is 38.5 Å². The maximum atomic E-state index is 12.5. The molecule has 5 rings (SSSR count). The lowest BCUT2D eigenvalue weighted by Crippen LogP contribution is -2.55. The number of aromatic nitrogens is 1. The Bertz CT molecular complexity index is 565. The monoisotopic (exact) mass is 362 g/mol. The zero-order valence-corrected chi connectivity index (χ0v) is 14.6. The van der Waals surface area contributed by atoms with E-state index in [0.29, 0.717) is 11.0 Å². The first-order valence-corrected chi connectivity index (χ1v) is 9.25. The molecule has 1 atom stereocenters. The molecule has 1 N–H and O–H groups in total. The molecule has 0 spiro atoms. The lowest BCUT2D eigenvalue weighted by molar-refractivity contribution is -0.0688. The van der Waals surface area contributed by atoms with Crippen LogP contribution in [0.1, 0.15) is 55.8 Å². The fraction of sp³-hybridized carbons (Fsp3) is 0.667. The molecule has 118 valence electrons. The predicted molar refractivity (Wildman–Crippen MR) is 89.5 cm³/mol. The maximum Gasteiger partial charge on any atom is 0.253 e. The number of carbonyl (C=O) groups is 1. The maximum absolute atomic E-state index is 12.5. The predicted octanol–water partition coefficient (Wildman–Crippen LogP) is 4.18. The van der Waals surface area contributed by atoms with Crippen molar-refractivity contribution in [2.24, 2.45) is 23.2 Å². The average Bonchev–Trinajstić information content (AvgIpc) is 2.45. The number of amides is 1. The van der Waals surface area contributed by atoms with Crippen LogP contribution < -0.4 is 5.32 Å². The number of hydrogen-bond donors (Lipinski definition) is 1. The quantitative estimate of drug-likeness (QED) is 0.876. The van der Waals surface area contributed by atoms with Crippen molar-refractivity contribution in [3.8, 4) is 0 Å². The molecule has 4 fully saturated rings. The van der Waals surface area contributed by atoms with Gasteiger partial charge in [-0.3, -0.25) is 9.78 Å². The van der Waals surface area contributed by atoms with Crippen molar-refractivity contribution in [1.29, 1.82) is 0 Å². The standard InChI is InChI=1S/C18H23BrN2O/c1-11(21-17(22)15-5-16(19)10-20-9-15)18-6-12-2-13(7-18)4-14(3-12)8-18/h5,9-14H,2-4,6-8H2,1H3,(H,21,22)/t11-,12?,13?,14?,18?/m1/s1. The summed E-state index contributed by atoms with van der Waals surface area (Å²) in [5.41, 5.74) is 0.995. The van der Waals surface area contributed by atoms with Crippen molar-refractivity contribution in [3.63, 3.8) is 0 Å². The molecule has 0 aromatic carbocycles. The smallest absolute Gasteiger partial charge is 0.253 e. The van der Waals surface area contributed by atoms with E-state index in [-0.39, 0.29) is 11.9 Å². The Balaban J connectivity index is 1.50. The van der Waals surface area contributed by atoms with Crippen LogP contribution in [-0.2, 0) is 0 Å². The second-order valence-corrected chi connectivity index (χ2v) is 8.78. The topological polar surface area (TPSA) is 42.0 Å². The fourth-order valence-corrected chi connectivity index (χ4v) is 6.04. The molecule has 3 nitrogen and oxygen atoms in total. The number of nitrogens with one attached hydrogen (secondary N) is 1. The van der Waals surface area contributed by atoms with E-state index in [1.807, 2.05) is 6.07 Å². The number of hydrogen-bond acceptors (Lipinski definition) is 2. The molecule has 1 aromatic heterocycles. The normalized spacial score (nSPS) is 37.1. The van der Waals surface area contributed by atoms with Crippen LogP contribution in [0, 0.1) is 23.2 Å².